The number of hydrogen-bond donors (Lipinski definition) is 0. The van der Waals surface area contributed by atoms with Crippen molar-refractivity contribution in [1.82, 2.24) is 0 Å². The van der Waals surface area contributed by atoms with Crippen LogP contribution in [0.2, 0.25) is 0 Å². The molecule has 0 aliphatic heterocycles. The van der Waals surface area contributed by atoms with E-state index in [0.29, 0.717) is 12.5 Å². The van der Waals surface area contributed by atoms with Crippen molar-refractivity contribution >= 4 is 0 Å². The average Bonchev–Trinajstić information content (AvgIpc) is 2.21. The van der Waals surface area contributed by atoms with Gasteiger partial charge in [0, 0.05) is 19.3 Å². The molecule has 0 amide bonds. The van der Waals surface area contributed by atoms with Crippen molar-refractivity contribution in [1.29, 1.82) is 0 Å². The Labute approximate surface area is 94.0 Å². The third kappa shape index (κ3) is 6.47. The zero-order valence-corrected chi connectivity index (χ0v) is 10.6. The van der Waals surface area contributed by atoms with Gasteiger partial charge in [0.05, 0.1) is 0 Å². The van der Waals surface area contributed by atoms with Crippen LogP contribution in [0.25, 0.3) is 0 Å². The van der Waals surface area contributed by atoms with Crippen LogP contribution < -0.4 is 0 Å². The summed E-state index contributed by atoms with van der Waals surface area (Å²) in [6.45, 7) is 9.04. The fraction of sp³-hybridized carbons (Fsp3) is 0.692. The Morgan fingerprint density at radius 3 is 2.40 bits per heavy atom. The van der Waals surface area contributed by atoms with Gasteiger partial charge in [0.2, 0.25) is 0 Å². The molecule has 0 rings (SSSR count). The normalized spacial score (nSPS) is 15.2. The van der Waals surface area contributed by atoms with E-state index in [4.69, 9.17) is 9.47 Å². The molecule has 0 aliphatic carbocycles. The number of methoxy groups -OCH3 is 1. The lowest BCUT2D eigenvalue weighted by atomic mass is 10.1. The molecule has 2 nitrogen and oxygen atoms in total. The molecule has 0 spiro atoms. The maximum Gasteiger partial charge on any atom is 0.183 e. The summed E-state index contributed by atoms with van der Waals surface area (Å²) >= 11 is 0. The Kier molecular flexibility index (Phi) is 8.34. The number of allylic oxidation sites excluding steroid dienone is 2. The third-order valence-electron chi connectivity index (χ3n) is 2.06. The Bertz CT molecular complexity index is 205. The summed E-state index contributed by atoms with van der Waals surface area (Å²) in [7, 11) is 1.67. The van der Waals surface area contributed by atoms with Gasteiger partial charge in [-0.2, -0.15) is 0 Å². The van der Waals surface area contributed by atoms with Crippen LogP contribution in [-0.4, -0.2) is 20.0 Å². The van der Waals surface area contributed by atoms with Gasteiger partial charge < -0.3 is 9.47 Å². The molecule has 2 heteroatoms. The fourth-order valence-electron chi connectivity index (χ4n) is 1.24. The highest BCUT2D eigenvalue weighted by atomic mass is 16.7. The minimum absolute atomic E-state index is 0.233. The van der Waals surface area contributed by atoms with Gasteiger partial charge in [0.15, 0.2) is 6.29 Å². The van der Waals surface area contributed by atoms with Crippen LogP contribution in [0.5, 0.6) is 0 Å². The molecule has 0 N–H and O–H groups in total. The molecule has 0 aromatic carbocycles. The van der Waals surface area contributed by atoms with Gasteiger partial charge in [-0.3, -0.25) is 0 Å². The maximum atomic E-state index is 5.46. The highest BCUT2D eigenvalue weighted by molar-refractivity contribution is 5.20. The zero-order valence-electron chi connectivity index (χ0n) is 10.6. The molecule has 0 aromatic heterocycles. The largest absolute Gasteiger partial charge is 0.352 e. The molecule has 0 saturated carbocycles. The molecule has 1 unspecified atom stereocenters. The minimum Gasteiger partial charge on any atom is -0.352 e. The summed E-state index contributed by atoms with van der Waals surface area (Å²) in [6, 6.07) is 0. The molecule has 0 aliphatic rings. The van der Waals surface area contributed by atoms with E-state index in [1.165, 1.54) is 0 Å². The van der Waals surface area contributed by atoms with E-state index in [-0.39, 0.29) is 6.29 Å². The summed E-state index contributed by atoms with van der Waals surface area (Å²) in [5, 5.41) is 0. The summed E-state index contributed by atoms with van der Waals surface area (Å²) in [5.74, 6) is 0.687. The van der Waals surface area contributed by atoms with Gasteiger partial charge in [-0.05, 0) is 26.2 Å². The van der Waals surface area contributed by atoms with Crippen molar-refractivity contribution in [3.8, 4) is 0 Å². The number of ether oxygens (including phenoxy) is 2. The molecule has 1 atom stereocenters. The maximum absolute atomic E-state index is 5.46. The lowest BCUT2D eigenvalue weighted by Crippen LogP contribution is -2.17. The molecule has 0 saturated heterocycles. The molecule has 0 radical (unpaired) electrons. The van der Waals surface area contributed by atoms with Crippen molar-refractivity contribution in [3.63, 3.8) is 0 Å². The van der Waals surface area contributed by atoms with Crippen molar-refractivity contribution in [2.45, 2.75) is 40.4 Å². The lowest BCUT2D eigenvalue weighted by Gasteiger charge is -2.16. The molecule has 15 heavy (non-hydrogen) atoms. The molecule has 0 heterocycles. The fourth-order valence-corrected chi connectivity index (χ4v) is 1.24. The molecule has 0 fully saturated rings. The van der Waals surface area contributed by atoms with Crippen LogP contribution in [0.4, 0.5) is 0 Å². The first-order valence-electron chi connectivity index (χ1n) is 5.62. The van der Waals surface area contributed by atoms with Crippen LogP contribution in [0, 0.1) is 5.92 Å². The highest BCUT2D eigenvalue weighted by Crippen LogP contribution is 2.11. The first-order chi connectivity index (χ1) is 7.15. The lowest BCUT2D eigenvalue weighted by molar-refractivity contribution is -0.0917. The first kappa shape index (κ1) is 14.4. The van der Waals surface area contributed by atoms with Crippen molar-refractivity contribution in [3.05, 3.63) is 23.8 Å². The van der Waals surface area contributed by atoms with Crippen molar-refractivity contribution < 1.29 is 9.47 Å². The molecule has 0 aromatic rings. The summed E-state index contributed by atoms with van der Waals surface area (Å²) in [5.41, 5.74) is 1.08. The van der Waals surface area contributed by atoms with Crippen molar-refractivity contribution in [2.24, 2.45) is 5.92 Å². The Morgan fingerprint density at radius 1 is 1.33 bits per heavy atom. The average molecular weight is 212 g/mol. The van der Waals surface area contributed by atoms with Gasteiger partial charge in [-0.25, -0.2) is 0 Å². The first-order valence-corrected chi connectivity index (χ1v) is 5.62. The van der Waals surface area contributed by atoms with Gasteiger partial charge in [0.25, 0.3) is 0 Å². The van der Waals surface area contributed by atoms with Crippen LogP contribution >= 0.6 is 0 Å². The van der Waals surface area contributed by atoms with E-state index in [9.17, 15) is 0 Å². The van der Waals surface area contributed by atoms with E-state index in [2.05, 4.69) is 26.0 Å². The summed E-state index contributed by atoms with van der Waals surface area (Å²) in [4.78, 5) is 0. The monoisotopic (exact) mass is 212 g/mol. The highest BCUT2D eigenvalue weighted by Gasteiger charge is 2.09. The molecule has 0 bridgehead atoms. The smallest absolute Gasteiger partial charge is 0.183 e. The predicted octanol–water partition coefficient (Wildman–Crippen LogP) is 3.54. The van der Waals surface area contributed by atoms with Crippen molar-refractivity contribution in [2.75, 3.05) is 13.7 Å². The number of rotatable bonds is 7. The second kappa shape index (κ2) is 8.69. The SMILES string of the molecule is CC=C(/C=C\CC(C)C)C(OC)OCC. The number of hydrogen-bond acceptors (Lipinski definition) is 2. The Balaban J connectivity index is 4.28. The minimum atomic E-state index is -0.233. The zero-order chi connectivity index (χ0) is 11.7. The van der Waals surface area contributed by atoms with Gasteiger partial charge in [-0.15, -0.1) is 0 Å². The van der Waals surface area contributed by atoms with Crippen LogP contribution in [0.3, 0.4) is 0 Å². The van der Waals surface area contributed by atoms with E-state index in [0.717, 1.165) is 12.0 Å². The standard InChI is InChI=1S/C13H24O2/c1-6-12(10-8-9-11(3)4)13(14-5)15-7-2/h6,8,10-11,13H,7,9H2,1-5H3/b10-8-,12-6?. The summed E-state index contributed by atoms with van der Waals surface area (Å²) in [6.07, 6.45) is 7.14. The second-order valence-corrected chi connectivity index (χ2v) is 3.84. The van der Waals surface area contributed by atoms with E-state index >= 15 is 0 Å². The molecular formula is C13H24O2. The van der Waals surface area contributed by atoms with Crippen LogP contribution in [-0.2, 0) is 9.47 Å². The van der Waals surface area contributed by atoms with Gasteiger partial charge >= 0.3 is 0 Å². The van der Waals surface area contributed by atoms with E-state index in [1.807, 2.05) is 19.9 Å². The van der Waals surface area contributed by atoms with Crippen LogP contribution in [0.1, 0.15) is 34.1 Å². The quantitative estimate of drug-likeness (QED) is 0.474. The van der Waals surface area contributed by atoms with Crippen LogP contribution in [0.15, 0.2) is 23.8 Å². The molecular weight excluding hydrogens is 188 g/mol. The Hall–Kier alpha value is -0.600. The Morgan fingerprint density at radius 2 is 2.00 bits per heavy atom. The van der Waals surface area contributed by atoms with E-state index < -0.39 is 0 Å². The third-order valence-corrected chi connectivity index (χ3v) is 2.06. The van der Waals surface area contributed by atoms with E-state index in [1.54, 1.807) is 7.11 Å². The summed E-state index contributed by atoms with van der Waals surface area (Å²) < 4.78 is 10.7. The topological polar surface area (TPSA) is 18.5 Å². The van der Waals surface area contributed by atoms with Gasteiger partial charge in [0.1, 0.15) is 0 Å². The molecule has 88 valence electrons. The second-order valence-electron chi connectivity index (χ2n) is 3.84. The van der Waals surface area contributed by atoms with Gasteiger partial charge in [-0.1, -0.05) is 32.1 Å². The predicted molar refractivity (Wildman–Crippen MR) is 64.8 cm³/mol.